The largest absolute Gasteiger partial charge is 0.328 e. The zero-order chi connectivity index (χ0) is 8.69. The summed E-state index contributed by atoms with van der Waals surface area (Å²) in [6.07, 6.45) is 6.75. The summed E-state index contributed by atoms with van der Waals surface area (Å²) in [6, 6.07) is 0.372. The minimum atomic E-state index is 0.372. The third-order valence-corrected chi connectivity index (χ3v) is 2.41. The summed E-state index contributed by atoms with van der Waals surface area (Å²) in [5.74, 6) is 0.701. The van der Waals surface area contributed by atoms with E-state index in [2.05, 4.69) is 20.8 Å². The molecule has 1 heteroatoms. The zero-order valence-corrected chi connectivity index (χ0v) is 8.27. The molecule has 68 valence electrons. The van der Waals surface area contributed by atoms with Gasteiger partial charge in [0.05, 0.1) is 0 Å². The SMILES string of the molecule is CCCCCCC(C)[C@H](C)N. The Morgan fingerprint density at radius 3 is 2.18 bits per heavy atom. The average molecular weight is 157 g/mol. The second-order valence-electron chi connectivity index (χ2n) is 3.69. The molecule has 0 aromatic heterocycles. The number of rotatable bonds is 6. The van der Waals surface area contributed by atoms with Gasteiger partial charge in [0.1, 0.15) is 0 Å². The lowest BCUT2D eigenvalue weighted by Gasteiger charge is -2.14. The first-order chi connectivity index (χ1) is 5.18. The van der Waals surface area contributed by atoms with Gasteiger partial charge in [-0.2, -0.15) is 0 Å². The molecule has 1 nitrogen and oxygen atoms in total. The summed E-state index contributed by atoms with van der Waals surface area (Å²) >= 11 is 0. The molecule has 0 bridgehead atoms. The van der Waals surface area contributed by atoms with E-state index in [9.17, 15) is 0 Å². The van der Waals surface area contributed by atoms with Crippen LogP contribution in [-0.2, 0) is 0 Å². The van der Waals surface area contributed by atoms with Crippen molar-refractivity contribution in [2.75, 3.05) is 0 Å². The third kappa shape index (κ3) is 6.36. The van der Waals surface area contributed by atoms with Gasteiger partial charge in [-0.3, -0.25) is 0 Å². The summed E-state index contributed by atoms with van der Waals surface area (Å²) in [5, 5.41) is 0. The first kappa shape index (κ1) is 11.0. The van der Waals surface area contributed by atoms with Crippen molar-refractivity contribution in [3.8, 4) is 0 Å². The Labute approximate surface area is 71.4 Å². The van der Waals surface area contributed by atoms with Crippen LogP contribution < -0.4 is 5.73 Å². The molecule has 0 heterocycles. The van der Waals surface area contributed by atoms with Crippen molar-refractivity contribution in [2.24, 2.45) is 11.7 Å². The molecule has 0 saturated carbocycles. The van der Waals surface area contributed by atoms with E-state index in [0.29, 0.717) is 12.0 Å². The number of hydrogen-bond acceptors (Lipinski definition) is 1. The molecular formula is C10H23N. The van der Waals surface area contributed by atoms with Crippen molar-refractivity contribution in [2.45, 2.75) is 58.9 Å². The minimum absolute atomic E-state index is 0.372. The van der Waals surface area contributed by atoms with E-state index in [1.165, 1.54) is 32.1 Å². The van der Waals surface area contributed by atoms with Gasteiger partial charge in [-0.1, -0.05) is 39.5 Å². The Kier molecular flexibility index (Phi) is 6.63. The highest BCUT2D eigenvalue weighted by atomic mass is 14.6. The lowest BCUT2D eigenvalue weighted by molar-refractivity contribution is 0.426. The Morgan fingerprint density at radius 2 is 1.73 bits per heavy atom. The fourth-order valence-corrected chi connectivity index (χ4v) is 1.16. The molecule has 0 spiro atoms. The van der Waals surface area contributed by atoms with E-state index in [4.69, 9.17) is 5.73 Å². The van der Waals surface area contributed by atoms with E-state index in [1.807, 2.05) is 0 Å². The van der Waals surface area contributed by atoms with E-state index in [0.717, 1.165) is 0 Å². The molecule has 0 rings (SSSR count). The van der Waals surface area contributed by atoms with Crippen molar-refractivity contribution < 1.29 is 0 Å². The zero-order valence-electron chi connectivity index (χ0n) is 8.27. The summed E-state index contributed by atoms with van der Waals surface area (Å²) < 4.78 is 0. The van der Waals surface area contributed by atoms with E-state index >= 15 is 0 Å². The maximum Gasteiger partial charge on any atom is 0.00361 e. The van der Waals surface area contributed by atoms with Crippen LogP contribution in [0.3, 0.4) is 0 Å². The Bertz CT molecular complexity index is 78.9. The molecular weight excluding hydrogens is 134 g/mol. The molecule has 11 heavy (non-hydrogen) atoms. The van der Waals surface area contributed by atoms with Gasteiger partial charge in [-0.05, 0) is 19.3 Å². The van der Waals surface area contributed by atoms with Gasteiger partial charge in [0.15, 0.2) is 0 Å². The molecule has 0 radical (unpaired) electrons. The van der Waals surface area contributed by atoms with E-state index < -0.39 is 0 Å². The maximum atomic E-state index is 5.75. The molecule has 0 aliphatic heterocycles. The normalized spacial score (nSPS) is 16.4. The molecule has 0 aromatic rings. The van der Waals surface area contributed by atoms with Gasteiger partial charge in [-0.25, -0.2) is 0 Å². The molecule has 2 atom stereocenters. The smallest absolute Gasteiger partial charge is 0.00361 e. The summed E-state index contributed by atoms with van der Waals surface area (Å²) in [6.45, 7) is 6.59. The Morgan fingerprint density at radius 1 is 1.09 bits per heavy atom. The highest BCUT2D eigenvalue weighted by Gasteiger charge is 2.05. The van der Waals surface area contributed by atoms with Gasteiger partial charge >= 0.3 is 0 Å². The Hall–Kier alpha value is -0.0400. The van der Waals surface area contributed by atoms with Gasteiger partial charge in [-0.15, -0.1) is 0 Å². The van der Waals surface area contributed by atoms with Crippen LogP contribution in [0.15, 0.2) is 0 Å². The van der Waals surface area contributed by atoms with Crippen LogP contribution in [0, 0.1) is 5.92 Å². The monoisotopic (exact) mass is 157 g/mol. The molecule has 0 aromatic carbocycles. The second kappa shape index (κ2) is 6.66. The fourth-order valence-electron chi connectivity index (χ4n) is 1.16. The molecule has 0 aliphatic carbocycles. The second-order valence-corrected chi connectivity index (χ2v) is 3.69. The highest BCUT2D eigenvalue weighted by Crippen LogP contribution is 2.12. The van der Waals surface area contributed by atoms with Gasteiger partial charge in [0.2, 0.25) is 0 Å². The van der Waals surface area contributed by atoms with Crippen molar-refractivity contribution in [1.82, 2.24) is 0 Å². The predicted octanol–water partition coefficient (Wildman–Crippen LogP) is 2.94. The lowest BCUT2D eigenvalue weighted by Crippen LogP contribution is -2.23. The van der Waals surface area contributed by atoms with Crippen LogP contribution in [0.1, 0.15) is 52.9 Å². The predicted molar refractivity (Wildman–Crippen MR) is 51.6 cm³/mol. The third-order valence-electron chi connectivity index (χ3n) is 2.41. The van der Waals surface area contributed by atoms with E-state index in [1.54, 1.807) is 0 Å². The van der Waals surface area contributed by atoms with Crippen LogP contribution in [0.25, 0.3) is 0 Å². The van der Waals surface area contributed by atoms with Crippen molar-refractivity contribution in [1.29, 1.82) is 0 Å². The maximum absolute atomic E-state index is 5.75. The lowest BCUT2D eigenvalue weighted by atomic mass is 9.97. The summed E-state index contributed by atoms with van der Waals surface area (Å²) in [4.78, 5) is 0. The quantitative estimate of drug-likeness (QED) is 0.589. The topological polar surface area (TPSA) is 26.0 Å². The van der Waals surface area contributed by atoms with Crippen LogP contribution in [0.4, 0.5) is 0 Å². The van der Waals surface area contributed by atoms with Crippen molar-refractivity contribution >= 4 is 0 Å². The average Bonchev–Trinajstić information content (AvgIpc) is 1.97. The fraction of sp³-hybridized carbons (Fsp3) is 1.00. The van der Waals surface area contributed by atoms with Crippen LogP contribution in [0.5, 0.6) is 0 Å². The molecule has 0 aliphatic rings. The molecule has 0 amide bonds. The van der Waals surface area contributed by atoms with E-state index in [-0.39, 0.29) is 0 Å². The first-order valence-electron chi connectivity index (χ1n) is 4.94. The highest BCUT2D eigenvalue weighted by molar-refractivity contribution is 4.62. The van der Waals surface area contributed by atoms with Crippen LogP contribution in [0.2, 0.25) is 0 Å². The molecule has 2 N–H and O–H groups in total. The van der Waals surface area contributed by atoms with Gasteiger partial charge in [0, 0.05) is 6.04 Å². The minimum Gasteiger partial charge on any atom is -0.328 e. The van der Waals surface area contributed by atoms with Crippen LogP contribution in [-0.4, -0.2) is 6.04 Å². The Balaban J connectivity index is 3.10. The molecule has 0 saturated heterocycles. The summed E-state index contributed by atoms with van der Waals surface area (Å²) in [5.41, 5.74) is 5.75. The van der Waals surface area contributed by atoms with Gasteiger partial charge < -0.3 is 5.73 Å². The van der Waals surface area contributed by atoms with Crippen molar-refractivity contribution in [3.05, 3.63) is 0 Å². The number of hydrogen-bond donors (Lipinski definition) is 1. The standard InChI is InChI=1S/C10H23N/c1-4-5-6-7-8-9(2)10(3)11/h9-10H,4-8,11H2,1-3H3/t9?,10-/m0/s1. The first-order valence-corrected chi connectivity index (χ1v) is 4.94. The van der Waals surface area contributed by atoms with Crippen LogP contribution >= 0.6 is 0 Å². The van der Waals surface area contributed by atoms with Crippen molar-refractivity contribution in [3.63, 3.8) is 0 Å². The number of unbranched alkanes of at least 4 members (excludes halogenated alkanes) is 3. The van der Waals surface area contributed by atoms with Gasteiger partial charge in [0.25, 0.3) is 0 Å². The summed E-state index contributed by atoms with van der Waals surface area (Å²) in [7, 11) is 0. The molecule has 0 fully saturated rings. The molecule has 1 unspecified atom stereocenters. The number of nitrogens with two attached hydrogens (primary N) is 1.